The minimum atomic E-state index is -1.21. The number of hydroxylamine groups is 1. The van der Waals surface area contributed by atoms with Gasteiger partial charge in [0.05, 0.1) is 11.1 Å². The fraction of sp³-hybridized carbons (Fsp3) is 0. The van der Waals surface area contributed by atoms with Crippen LogP contribution in [0.15, 0.2) is 60.9 Å². The minimum Gasteiger partial charge on any atom is -0.478 e. The fourth-order valence-corrected chi connectivity index (χ4v) is 2.03. The van der Waals surface area contributed by atoms with E-state index in [1.165, 1.54) is 11.5 Å². The number of amides is 1. The van der Waals surface area contributed by atoms with E-state index in [9.17, 15) is 9.59 Å². The van der Waals surface area contributed by atoms with Crippen molar-refractivity contribution < 1.29 is 19.9 Å². The van der Waals surface area contributed by atoms with Crippen molar-refractivity contribution >= 4 is 22.6 Å². The van der Waals surface area contributed by atoms with Crippen molar-refractivity contribution in [2.24, 2.45) is 0 Å². The van der Waals surface area contributed by atoms with Gasteiger partial charge < -0.3 is 10.1 Å². The van der Waals surface area contributed by atoms with Crippen LogP contribution >= 0.6 is 0 Å². The summed E-state index contributed by atoms with van der Waals surface area (Å²) in [4.78, 5) is 25.4. The van der Waals surface area contributed by atoms with Crippen LogP contribution in [-0.4, -0.2) is 27.2 Å². The van der Waals surface area contributed by atoms with Crippen LogP contribution < -0.4 is 5.48 Å². The number of benzene rings is 2. The van der Waals surface area contributed by atoms with Crippen LogP contribution in [0, 0.1) is 0 Å². The van der Waals surface area contributed by atoms with Gasteiger partial charge in [0.2, 0.25) is 0 Å². The van der Waals surface area contributed by atoms with E-state index in [-0.39, 0.29) is 11.1 Å². The zero-order valence-corrected chi connectivity index (χ0v) is 11.5. The van der Waals surface area contributed by atoms with Crippen LogP contribution in [0.1, 0.15) is 20.7 Å². The second-order valence-corrected chi connectivity index (χ2v) is 4.34. The van der Waals surface area contributed by atoms with Crippen molar-refractivity contribution in [3.05, 3.63) is 72.1 Å². The molecule has 0 aliphatic heterocycles. The number of carbonyl (C=O) groups is 2. The lowest BCUT2D eigenvalue weighted by Gasteiger charge is -2.07. The van der Waals surface area contributed by atoms with Crippen molar-refractivity contribution in [2.75, 3.05) is 0 Å². The average Bonchev–Trinajstić information content (AvgIpc) is 3.12. The van der Waals surface area contributed by atoms with E-state index in [1.54, 1.807) is 30.3 Å². The fourth-order valence-electron chi connectivity index (χ4n) is 2.03. The first-order valence-corrected chi connectivity index (χ1v) is 6.42. The van der Waals surface area contributed by atoms with Gasteiger partial charge in [-0.05, 0) is 29.0 Å². The van der Waals surface area contributed by atoms with Crippen molar-refractivity contribution in [2.45, 2.75) is 0 Å². The van der Waals surface area contributed by atoms with Crippen LogP contribution in [0.4, 0.5) is 0 Å². The number of carbonyl (C=O) groups excluding carboxylic acids is 1. The maximum atomic E-state index is 11.4. The minimum absolute atomic E-state index is 0.0706. The Labute approximate surface area is 126 Å². The van der Waals surface area contributed by atoms with Crippen molar-refractivity contribution in [1.29, 1.82) is 0 Å². The molecular formula is C16H14N2O4. The summed E-state index contributed by atoms with van der Waals surface area (Å²) in [6, 6.07) is 13.7. The molecule has 1 heterocycles. The zero-order chi connectivity index (χ0) is 15.9. The van der Waals surface area contributed by atoms with Crippen molar-refractivity contribution in [3.8, 4) is 0 Å². The molecule has 1 aromatic heterocycles. The summed E-state index contributed by atoms with van der Waals surface area (Å²) in [6.07, 6.45) is 3.75. The molecular weight excluding hydrogens is 284 g/mol. The lowest BCUT2D eigenvalue weighted by Crippen LogP contribution is -2.21. The summed E-state index contributed by atoms with van der Waals surface area (Å²) >= 11 is 0. The molecule has 4 N–H and O–H groups in total. The topological polar surface area (TPSA) is 102 Å². The van der Waals surface area contributed by atoms with E-state index < -0.39 is 11.9 Å². The second-order valence-electron chi connectivity index (χ2n) is 4.34. The van der Waals surface area contributed by atoms with E-state index in [4.69, 9.17) is 10.3 Å². The summed E-state index contributed by atoms with van der Waals surface area (Å²) in [5.41, 5.74) is 1.25. The van der Waals surface area contributed by atoms with Crippen LogP contribution in [-0.2, 0) is 0 Å². The molecule has 0 atom stereocenters. The summed E-state index contributed by atoms with van der Waals surface area (Å²) in [7, 11) is 0. The predicted octanol–water partition coefficient (Wildman–Crippen LogP) is 2.67. The molecule has 0 spiro atoms. The second kappa shape index (κ2) is 7.05. The Bertz CT molecular complexity index is 765. The third-order valence-corrected chi connectivity index (χ3v) is 2.99. The molecule has 6 heteroatoms. The molecule has 112 valence electrons. The molecule has 3 aromatic rings. The predicted molar refractivity (Wildman–Crippen MR) is 81.0 cm³/mol. The van der Waals surface area contributed by atoms with Gasteiger partial charge in [-0.2, -0.15) is 0 Å². The Morgan fingerprint density at radius 2 is 1.64 bits per heavy atom. The number of carboxylic acids is 1. The van der Waals surface area contributed by atoms with E-state index >= 15 is 0 Å². The van der Waals surface area contributed by atoms with Crippen LogP contribution in [0.2, 0.25) is 0 Å². The third-order valence-electron chi connectivity index (χ3n) is 2.99. The van der Waals surface area contributed by atoms with Gasteiger partial charge in [0, 0.05) is 12.4 Å². The number of fused-ring (bicyclic) bond motifs is 1. The molecule has 6 nitrogen and oxygen atoms in total. The maximum absolute atomic E-state index is 11.4. The molecule has 3 rings (SSSR count). The van der Waals surface area contributed by atoms with Crippen molar-refractivity contribution in [1.82, 2.24) is 10.5 Å². The smallest absolute Gasteiger partial charge is 0.337 e. The van der Waals surface area contributed by atoms with Gasteiger partial charge in [-0.1, -0.05) is 30.3 Å². The van der Waals surface area contributed by atoms with E-state index in [0.29, 0.717) is 5.39 Å². The van der Waals surface area contributed by atoms with E-state index in [1.807, 2.05) is 24.5 Å². The van der Waals surface area contributed by atoms with Gasteiger partial charge in [-0.25, -0.2) is 10.3 Å². The van der Waals surface area contributed by atoms with E-state index in [2.05, 4.69) is 4.98 Å². The molecule has 0 bridgehead atoms. The normalized spacial score (nSPS) is 9.68. The Morgan fingerprint density at radius 1 is 0.955 bits per heavy atom. The van der Waals surface area contributed by atoms with Crippen LogP contribution in [0.25, 0.3) is 10.8 Å². The zero-order valence-electron chi connectivity index (χ0n) is 11.5. The Kier molecular flexibility index (Phi) is 4.89. The lowest BCUT2D eigenvalue weighted by atomic mass is 9.98. The summed E-state index contributed by atoms with van der Waals surface area (Å²) in [6.45, 7) is 0. The largest absolute Gasteiger partial charge is 0.478 e. The quantitative estimate of drug-likeness (QED) is 0.431. The highest BCUT2D eigenvalue weighted by molar-refractivity contribution is 6.13. The Hall–Kier alpha value is -3.12. The molecule has 0 fully saturated rings. The SMILES string of the molecule is O=C(NO)c1ccc2ccccc2c1C(=O)O.c1cc[nH]c1. The third kappa shape index (κ3) is 3.31. The highest BCUT2D eigenvalue weighted by Gasteiger charge is 2.18. The number of carboxylic acid groups (broad SMARTS) is 1. The standard InChI is InChI=1S/C12H9NO4.C4H5N/c14-11(13-17)9-6-5-7-3-1-2-4-8(7)10(9)12(15)16;1-2-4-5-3-1/h1-6,17H,(H,13,14)(H,15,16);1-5H. The highest BCUT2D eigenvalue weighted by Crippen LogP contribution is 2.22. The molecule has 2 aromatic carbocycles. The molecule has 22 heavy (non-hydrogen) atoms. The molecule has 0 radical (unpaired) electrons. The average molecular weight is 298 g/mol. The van der Waals surface area contributed by atoms with Gasteiger partial charge in [-0.3, -0.25) is 10.0 Å². The number of H-pyrrole nitrogens is 1. The number of hydrogen-bond donors (Lipinski definition) is 4. The molecule has 0 saturated heterocycles. The number of nitrogens with one attached hydrogen (secondary N) is 2. The summed E-state index contributed by atoms with van der Waals surface area (Å²) < 4.78 is 0. The van der Waals surface area contributed by atoms with Gasteiger partial charge >= 0.3 is 5.97 Å². The lowest BCUT2D eigenvalue weighted by molar-refractivity contribution is 0.0664. The molecule has 0 aliphatic rings. The van der Waals surface area contributed by atoms with Gasteiger partial charge in [-0.15, -0.1) is 0 Å². The molecule has 0 saturated carbocycles. The molecule has 1 amide bonds. The van der Waals surface area contributed by atoms with Gasteiger partial charge in [0.25, 0.3) is 5.91 Å². The Morgan fingerprint density at radius 3 is 2.18 bits per heavy atom. The number of rotatable bonds is 2. The monoisotopic (exact) mass is 298 g/mol. The molecule has 0 aliphatic carbocycles. The first kappa shape index (κ1) is 15.3. The Balaban J connectivity index is 0.000000299. The van der Waals surface area contributed by atoms with Crippen LogP contribution in [0.5, 0.6) is 0 Å². The number of aromatic nitrogens is 1. The summed E-state index contributed by atoms with van der Waals surface area (Å²) in [5, 5.41) is 18.9. The number of aromatic carboxylic acids is 1. The maximum Gasteiger partial charge on any atom is 0.337 e. The first-order valence-electron chi connectivity index (χ1n) is 6.42. The highest BCUT2D eigenvalue weighted by atomic mass is 16.5. The molecule has 0 unspecified atom stereocenters. The number of aromatic amines is 1. The van der Waals surface area contributed by atoms with Crippen LogP contribution in [0.3, 0.4) is 0 Å². The summed E-state index contributed by atoms with van der Waals surface area (Å²) in [5.74, 6) is -2.05. The first-order chi connectivity index (χ1) is 10.6. The van der Waals surface area contributed by atoms with Gasteiger partial charge in [0.1, 0.15) is 0 Å². The van der Waals surface area contributed by atoms with Gasteiger partial charge in [0.15, 0.2) is 0 Å². The van der Waals surface area contributed by atoms with E-state index in [0.717, 1.165) is 5.39 Å². The number of hydrogen-bond acceptors (Lipinski definition) is 3. The van der Waals surface area contributed by atoms with Crippen molar-refractivity contribution in [3.63, 3.8) is 0 Å².